The number of urea groups is 1. The summed E-state index contributed by atoms with van der Waals surface area (Å²) < 4.78 is 30.8. The summed E-state index contributed by atoms with van der Waals surface area (Å²) >= 11 is 5.80. The molecule has 0 aliphatic carbocycles. The van der Waals surface area contributed by atoms with Gasteiger partial charge in [0.05, 0.1) is 12.1 Å². The molecule has 1 aromatic heterocycles. The largest absolute Gasteiger partial charge is 0.481 e. The fourth-order valence-electron chi connectivity index (χ4n) is 1.48. The van der Waals surface area contributed by atoms with Crippen molar-refractivity contribution >= 4 is 33.6 Å². The molecular formula is C12H11ClN4O4S. The second-order valence-electron chi connectivity index (χ2n) is 3.91. The summed E-state index contributed by atoms with van der Waals surface area (Å²) in [7, 11) is -2.71. The molecule has 2 N–H and O–H groups in total. The molecule has 8 nitrogen and oxygen atoms in total. The van der Waals surface area contributed by atoms with E-state index < -0.39 is 16.1 Å². The van der Waals surface area contributed by atoms with Crippen molar-refractivity contribution in [1.82, 2.24) is 14.7 Å². The first-order valence-corrected chi connectivity index (χ1v) is 7.74. The SMILES string of the molecule is COc1ccnc(NC(=O)NS(=O)(=O)c2ccccc2Cl)n1. The van der Waals surface area contributed by atoms with Crippen LogP contribution < -0.4 is 14.8 Å². The molecule has 0 atom stereocenters. The van der Waals surface area contributed by atoms with Gasteiger partial charge in [0.15, 0.2) is 0 Å². The number of benzene rings is 1. The van der Waals surface area contributed by atoms with E-state index in [4.69, 9.17) is 16.3 Å². The number of methoxy groups -OCH3 is 1. The van der Waals surface area contributed by atoms with E-state index in [2.05, 4.69) is 15.3 Å². The van der Waals surface area contributed by atoms with Gasteiger partial charge < -0.3 is 4.74 Å². The molecule has 2 aromatic rings. The Kier molecular flexibility index (Phi) is 4.78. The van der Waals surface area contributed by atoms with E-state index in [-0.39, 0.29) is 21.7 Å². The number of halogens is 1. The minimum atomic E-state index is -4.11. The minimum Gasteiger partial charge on any atom is -0.481 e. The Balaban J connectivity index is 2.13. The number of carbonyl (C=O) groups is 1. The molecule has 1 heterocycles. The molecule has 0 fully saturated rings. The fraction of sp³-hybridized carbons (Fsp3) is 0.0833. The minimum absolute atomic E-state index is 0.000398. The first-order chi connectivity index (χ1) is 10.4. The highest BCUT2D eigenvalue weighted by Crippen LogP contribution is 2.20. The Hall–Kier alpha value is -2.39. The van der Waals surface area contributed by atoms with Gasteiger partial charge in [-0.2, -0.15) is 4.98 Å². The Morgan fingerprint density at radius 2 is 2.00 bits per heavy atom. The van der Waals surface area contributed by atoms with E-state index in [0.29, 0.717) is 0 Å². The van der Waals surface area contributed by atoms with Gasteiger partial charge in [0.25, 0.3) is 10.0 Å². The lowest BCUT2D eigenvalue weighted by molar-refractivity contribution is 0.256. The zero-order valence-electron chi connectivity index (χ0n) is 11.3. The predicted molar refractivity (Wildman–Crippen MR) is 79.4 cm³/mol. The molecule has 2 rings (SSSR count). The van der Waals surface area contributed by atoms with Crippen molar-refractivity contribution in [2.75, 3.05) is 12.4 Å². The molecule has 0 aliphatic heterocycles. The fourth-order valence-corrected chi connectivity index (χ4v) is 2.91. The lowest BCUT2D eigenvalue weighted by atomic mass is 10.4. The number of nitrogens with zero attached hydrogens (tertiary/aromatic N) is 2. The number of anilines is 1. The molecule has 22 heavy (non-hydrogen) atoms. The van der Waals surface area contributed by atoms with Crippen molar-refractivity contribution in [3.8, 4) is 5.88 Å². The van der Waals surface area contributed by atoms with Crippen molar-refractivity contribution in [3.05, 3.63) is 41.6 Å². The average Bonchev–Trinajstić information content (AvgIpc) is 2.47. The molecular weight excluding hydrogens is 332 g/mol. The van der Waals surface area contributed by atoms with Crippen molar-refractivity contribution < 1.29 is 17.9 Å². The number of hydrogen-bond acceptors (Lipinski definition) is 6. The highest BCUT2D eigenvalue weighted by molar-refractivity contribution is 7.90. The van der Waals surface area contributed by atoms with Crippen molar-refractivity contribution in [3.63, 3.8) is 0 Å². The predicted octanol–water partition coefficient (Wildman–Crippen LogP) is 1.65. The summed E-state index contributed by atoms with van der Waals surface area (Å²) in [4.78, 5) is 19.1. The van der Waals surface area contributed by atoms with Crippen LogP contribution in [-0.4, -0.2) is 31.5 Å². The molecule has 0 bridgehead atoms. The van der Waals surface area contributed by atoms with Crippen molar-refractivity contribution in [2.45, 2.75) is 4.90 Å². The summed E-state index contributed by atoms with van der Waals surface area (Å²) in [6.45, 7) is 0. The Labute approximate surface area is 131 Å². The quantitative estimate of drug-likeness (QED) is 0.874. The van der Waals surface area contributed by atoms with Gasteiger partial charge in [0, 0.05) is 12.3 Å². The molecule has 10 heteroatoms. The lowest BCUT2D eigenvalue weighted by Gasteiger charge is -2.09. The average molecular weight is 343 g/mol. The summed E-state index contributed by atoms with van der Waals surface area (Å²) in [5.74, 6) is 0.116. The van der Waals surface area contributed by atoms with Crippen LogP contribution in [0.15, 0.2) is 41.4 Å². The molecule has 2 amide bonds. The standard InChI is InChI=1S/C12H11ClN4O4S/c1-21-10-6-7-14-11(15-10)16-12(18)17-22(19,20)9-5-3-2-4-8(9)13/h2-7H,1H3,(H2,14,15,16,17,18). The molecule has 116 valence electrons. The second kappa shape index (κ2) is 6.58. The molecule has 0 unspecified atom stereocenters. The van der Waals surface area contributed by atoms with Crippen LogP contribution in [0.5, 0.6) is 5.88 Å². The van der Waals surface area contributed by atoms with Crippen LogP contribution >= 0.6 is 11.6 Å². The molecule has 0 saturated heterocycles. The highest BCUT2D eigenvalue weighted by atomic mass is 35.5. The zero-order valence-corrected chi connectivity index (χ0v) is 12.9. The van der Waals surface area contributed by atoms with Gasteiger partial charge in [-0.1, -0.05) is 23.7 Å². The van der Waals surface area contributed by atoms with Gasteiger partial charge >= 0.3 is 6.03 Å². The van der Waals surface area contributed by atoms with E-state index in [9.17, 15) is 13.2 Å². The second-order valence-corrected chi connectivity index (χ2v) is 5.97. The van der Waals surface area contributed by atoms with Gasteiger partial charge in [0.2, 0.25) is 11.8 Å². The number of hydrogen-bond donors (Lipinski definition) is 2. The van der Waals surface area contributed by atoms with E-state index in [1.54, 1.807) is 6.07 Å². The molecule has 0 spiro atoms. The third kappa shape index (κ3) is 3.83. The number of aromatic nitrogens is 2. The molecule has 0 saturated carbocycles. The van der Waals surface area contributed by atoms with Crippen LogP contribution in [-0.2, 0) is 10.0 Å². The monoisotopic (exact) mass is 342 g/mol. The number of nitrogens with one attached hydrogen (secondary N) is 2. The van der Waals surface area contributed by atoms with Crippen LogP contribution in [0.2, 0.25) is 5.02 Å². The normalized spacial score (nSPS) is 10.8. The number of rotatable bonds is 4. The maximum Gasteiger partial charge on any atom is 0.335 e. The smallest absolute Gasteiger partial charge is 0.335 e. The Bertz CT molecular complexity index is 797. The number of amides is 2. The molecule has 0 radical (unpaired) electrons. The van der Waals surface area contributed by atoms with Crippen LogP contribution in [0.3, 0.4) is 0 Å². The van der Waals surface area contributed by atoms with Crippen LogP contribution in [0.25, 0.3) is 0 Å². The maximum absolute atomic E-state index is 12.1. The first-order valence-electron chi connectivity index (χ1n) is 5.88. The number of sulfonamides is 1. The lowest BCUT2D eigenvalue weighted by Crippen LogP contribution is -2.35. The van der Waals surface area contributed by atoms with Gasteiger partial charge in [-0.25, -0.2) is 22.9 Å². The topological polar surface area (TPSA) is 110 Å². The maximum atomic E-state index is 12.1. The van der Waals surface area contributed by atoms with Crippen LogP contribution in [0.4, 0.5) is 10.7 Å². The molecule has 0 aliphatic rings. The third-order valence-electron chi connectivity index (χ3n) is 2.42. The van der Waals surface area contributed by atoms with Gasteiger partial charge in [0.1, 0.15) is 4.90 Å². The van der Waals surface area contributed by atoms with E-state index in [0.717, 1.165) is 0 Å². The van der Waals surface area contributed by atoms with Crippen LogP contribution in [0, 0.1) is 0 Å². The number of ether oxygens (including phenoxy) is 1. The Morgan fingerprint density at radius 1 is 1.27 bits per heavy atom. The molecule has 1 aromatic carbocycles. The summed E-state index contributed by atoms with van der Waals surface area (Å²) in [6.07, 6.45) is 1.35. The van der Waals surface area contributed by atoms with E-state index in [1.165, 1.54) is 37.6 Å². The van der Waals surface area contributed by atoms with E-state index >= 15 is 0 Å². The van der Waals surface area contributed by atoms with Gasteiger partial charge in [-0.3, -0.25) is 5.32 Å². The Morgan fingerprint density at radius 3 is 2.68 bits per heavy atom. The highest BCUT2D eigenvalue weighted by Gasteiger charge is 2.20. The van der Waals surface area contributed by atoms with Gasteiger partial charge in [-0.15, -0.1) is 0 Å². The van der Waals surface area contributed by atoms with Crippen molar-refractivity contribution in [1.29, 1.82) is 0 Å². The zero-order chi connectivity index (χ0) is 16.2. The first kappa shape index (κ1) is 16.0. The summed E-state index contributed by atoms with van der Waals surface area (Å²) in [5, 5.41) is 2.19. The third-order valence-corrected chi connectivity index (χ3v) is 4.25. The summed E-state index contributed by atoms with van der Waals surface area (Å²) in [6, 6.07) is 6.20. The number of carbonyl (C=O) groups excluding carboxylic acids is 1. The van der Waals surface area contributed by atoms with Gasteiger partial charge in [-0.05, 0) is 12.1 Å². The van der Waals surface area contributed by atoms with Crippen LogP contribution in [0.1, 0.15) is 0 Å². The van der Waals surface area contributed by atoms with Crippen molar-refractivity contribution in [2.24, 2.45) is 0 Å². The van der Waals surface area contributed by atoms with E-state index in [1.807, 2.05) is 4.72 Å². The summed E-state index contributed by atoms with van der Waals surface area (Å²) in [5.41, 5.74) is 0.